The van der Waals surface area contributed by atoms with Gasteiger partial charge in [-0.05, 0) is 48.9 Å². The van der Waals surface area contributed by atoms with Gasteiger partial charge in [0.1, 0.15) is 11.8 Å². The minimum atomic E-state index is 0.429. The fourth-order valence-corrected chi connectivity index (χ4v) is 3.81. The molecule has 0 aliphatic heterocycles. The number of ether oxygens (including phenoxy) is 1. The van der Waals surface area contributed by atoms with E-state index >= 15 is 0 Å². The lowest BCUT2D eigenvalue weighted by Gasteiger charge is -2.11. The lowest BCUT2D eigenvalue weighted by atomic mass is 10.1. The van der Waals surface area contributed by atoms with Crippen molar-refractivity contribution in [2.75, 3.05) is 17.6 Å². The quantitative estimate of drug-likeness (QED) is 0.285. The van der Waals surface area contributed by atoms with Crippen LogP contribution in [0.2, 0.25) is 0 Å². The number of nitrogens with one attached hydrogen (secondary N) is 1. The van der Waals surface area contributed by atoms with E-state index in [1.54, 1.807) is 18.6 Å². The highest BCUT2D eigenvalue weighted by Gasteiger charge is 2.18. The Hall–Kier alpha value is -3.50. The summed E-state index contributed by atoms with van der Waals surface area (Å²) in [6.45, 7) is 3.69. The number of hydrogen-bond donors (Lipinski definition) is 2. The zero-order valence-corrected chi connectivity index (χ0v) is 18.1. The van der Waals surface area contributed by atoms with Gasteiger partial charge in [0.05, 0.1) is 23.0 Å². The van der Waals surface area contributed by atoms with Gasteiger partial charge in [0.25, 0.3) is 0 Å². The molecular weight excluding hydrogens is 406 g/mol. The van der Waals surface area contributed by atoms with Gasteiger partial charge in [-0.25, -0.2) is 4.98 Å². The maximum Gasteiger partial charge on any atom is 0.237 e. The van der Waals surface area contributed by atoms with Crippen LogP contribution in [0.1, 0.15) is 18.9 Å². The van der Waals surface area contributed by atoms with Gasteiger partial charge in [-0.3, -0.25) is 4.98 Å². The number of rotatable bonds is 8. The number of aryl methyl sites for hydroxylation is 1. The van der Waals surface area contributed by atoms with E-state index in [0.29, 0.717) is 17.2 Å². The Morgan fingerprint density at radius 1 is 1.16 bits per heavy atom. The molecule has 6 nitrogen and oxygen atoms in total. The number of benzene rings is 2. The molecule has 4 aromatic rings. The van der Waals surface area contributed by atoms with Gasteiger partial charge in [-0.15, -0.1) is 0 Å². The van der Waals surface area contributed by atoms with Crippen molar-refractivity contribution >= 4 is 29.2 Å². The Morgan fingerprint density at radius 3 is 2.68 bits per heavy atom. The minimum Gasteiger partial charge on any atom is -0.437 e. The van der Waals surface area contributed by atoms with E-state index < -0.39 is 0 Å². The first-order valence-corrected chi connectivity index (χ1v) is 10.8. The average Bonchev–Trinajstić information content (AvgIpc) is 3.13. The highest BCUT2D eigenvalue weighted by Crippen LogP contribution is 2.36. The van der Waals surface area contributed by atoms with E-state index in [1.807, 2.05) is 18.2 Å². The van der Waals surface area contributed by atoms with Crippen molar-refractivity contribution in [1.29, 1.82) is 5.26 Å². The van der Waals surface area contributed by atoms with Gasteiger partial charge in [0.2, 0.25) is 5.88 Å². The smallest absolute Gasteiger partial charge is 0.237 e. The molecule has 2 heterocycles. The summed E-state index contributed by atoms with van der Waals surface area (Å²) in [6.07, 6.45) is 5.77. The van der Waals surface area contributed by atoms with Crippen molar-refractivity contribution in [3.63, 3.8) is 0 Å². The number of anilines is 1. The Kier molecular flexibility index (Phi) is 6.39. The Morgan fingerprint density at radius 2 is 2.00 bits per heavy atom. The minimum absolute atomic E-state index is 0.429. The third-order valence-electron chi connectivity index (χ3n) is 5.05. The first-order valence-electron chi connectivity index (χ1n) is 10.2. The Balaban J connectivity index is 1.73. The molecule has 0 atom stereocenters. The molecule has 156 valence electrons. The summed E-state index contributed by atoms with van der Waals surface area (Å²) in [5.41, 5.74) is 4.59. The fourth-order valence-electron chi connectivity index (χ4n) is 3.65. The summed E-state index contributed by atoms with van der Waals surface area (Å²) in [4.78, 5) is 8.20. The molecule has 0 amide bonds. The van der Waals surface area contributed by atoms with Gasteiger partial charge in [0, 0.05) is 42.6 Å². The van der Waals surface area contributed by atoms with E-state index in [1.165, 1.54) is 0 Å². The Bertz CT molecular complexity index is 1210. The zero-order chi connectivity index (χ0) is 21.6. The first-order chi connectivity index (χ1) is 15.2. The van der Waals surface area contributed by atoms with Crippen LogP contribution in [-0.2, 0) is 6.54 Å². The third-order valence-corrected chi connectivity index (χ3v) is 5.36. The van der Waals surface area contributed by atoms with Gasteiger partial charge in [-0.2, -0.15) is 17.9 Å². The van der Waals surface area contributed by atoms with Crippen LogP contribution in [0.4, 0.5) is 5.69 Å². The molecule has 0 aliphatic rings. The van der Waals surface area contributed by atoms with E-state index in [9.17, 15) is 5.26 Å². The monoisotopic (exact) mass is 429 g/mol. The van der Waals surface area contributed by atoms with Gasteiger partial charge in [-0.1, -0.05) is 12.1 Å². The van der Waals surface area contributed by atoms with E-state index in [4.69, 9.17) is 4.74 Å². The zero-order valence-electron chi connectivity index (χ0n) is 17.2. The Labute approximate surface area is 186 Å². The molecule has 31 heavy (non-hydrogen) atoms. The van der Waals surface area contributed by atoms with Crippen LogP contribution >= 0.6 is 12.6 Å². The SMILES string of the molecule is CCn1c(-c2ccc(NCCCS)cc2)c(C#N)c2ccc(Oc3cnccn3)cc21. The van der Waals surface area contributed by atoms with Gasteiger partial charge in [0.15, 0.2) is 0 Å². The maximum atomic E-state index is 9.96. The molecule has 2 aromatic heterocycles. The van der Waals surface area contributed by atoms with E-state index in [2.05, 4.69) is 69.7 Å². The van der Waals surface area contributed by atoms with Gasteiger partial charge >= 0.3 is 0 Å². The summed E-state index contributed by atoms with van der Waals surface area (Å²) < 4.78 is 8.01. The average molecular weight is 430 g/mol. The van der Waals surface area contributed by atoms with Crippen LogP contribution in [0.25, 0.3) is 22.2 Å². The predicted molar refractivity (Wildman–Crippen MR) is 127 cm³/mol. The van der Waals surface area contributed by atoms with Crippen molar-refractivity contribution < 1.29 is 4.74 Å². The number of thiol groups is 1. The first kappa shape index (κ1) is 20.8. The van der Waals surface area contributed by atoms with Crippen molar-refractivity contribution in [2.45, 2.75) is 19.9 Å². The van der Waals surface area contributed by atoms with Crippen molar-refractivity contribution in [1.82, 2.24) is 14.5 Å². The molecule has 0 aliphatic carbocycles. The number of nitrogens with zero attached hydrogens (tertiary/aromatic N) is 4. The predicted octanol–water partition coefficient (Wildman–Crippen LogP) is 5.51. The van der Waals surface area contributed by atoms with E-state index in [0.717, 1.165) is 53.1 Å². The highest BCUT2D eigenvalue weighted by atomic mass is 32.1. The molecular formula is C24H23N5OS. The second-order valence-corrected chi connectivity index (χ2v) is 7.43. The van der Waals surface area contributed by atoms with Crippen LogP contribution in [0.3, 0.4) is 0 Å². The van der Waals surface area contributed by atoms with Crippen LogP contribution < -0.4 is 10.1 Å². The fraction of sp³-hybridized carbons (Fsp3) is 0.208. The van der Waals surface area contributed by atoms with Crippen LogP contribution in [0, 0.1) is 11.3 Å². The van der Waals surface area contributed by atoms with Crippen LogP contribution in [-0.4, -0.2) is 26.8 Å². The van der Waals surface area contributed by atoms with Crippen molar-refractivity contribution in [3.8, 4) is 29.0 Å². The summed E-state index contributed by atoms with van der Waals surface area (Å²) in [5.74, 6) is 1.94. The molecule has 0 fully saturated rings. The molecule has 0 bridgehead atoms. The number of aromatic nitrogens is 3. The summed E-state index contributed by atoms with van der Waals surface area (Å²) in [7, 11) is 0. The second-order valence-electron chi connectivity index (χ2n) is 6.99. The topological polar surface area (TPSA) is 75.8 Å². The summed E-state index contributed by atoms with van der Waals surface area (Å²) >= 11 is 4.25. The van der Waals surface area contributed by atoms with Crippen LogP contribution in [0.15, 0.2) is 61.1 Å². The molecule has 7 heteroatoms. The molecule has 0 saturated carbocycles. The van der Waals surface area contributed by atoms with E-state index in [-0.39, 0.29) is 0 Å². The van der Waals surface area contributed by atoms with Crippen molar-refractivity contribution in [2.24, 2.45) is 0 Å². The van der Waals surface area contributed by atoms with Crippen molar-refractivity contribution in [3.05, 3.63) is 66.6 Å². The van der Waals surface area contributed by atoms with Gasteiger partial charge < -0.3 is 14.6 Å². The molecule has 0 unspecified atom stereocenters. The van der Waals surface area contributed by atoms with Crippen LogP contribution in [0.5, 0.6) is 11.6 Å². The third kappa shape index (κ3) is 4.35. The number of fused-ring (bicyclic) bond motifs is 1. The maximum absolute atomic E-state index is 9.96. The molecule has 2 aromatic carbocycles. The molecule has 1 N–H and O–H groups in total. The largest absolute Gasteiger partial charge is 0.437 e. The second kappa shape index (κ2) is 9.54. The summed E-state index contributed by atoms with van der Waals surface area (Å²) in [5, 5.41) is 14.3. The lowest BCUT2D eigenvalue weighted by molar-refractivity contribution is 0.460. The molecule has 0 spiro atoms. The number of nitriles is 1. The molecule has 4 rings (SSSR count). The normalized spacial score (nSPS) is 10.7. The highest BCUT2D eigenvalue weighted by molar-refractivity contribution is 7.80. The number of hydrogen-bond acceptors (Lipinski definition) is 6. The standard InChI is InChI=1S/C24H23N5OS/c1-2-29-22-14-19(30-23-16-26-11-12-28-23)8-9-20(22)21(15-25)24(29)17-4-6-18(7-5-17)27-10-3-13-31/h4-9,11-12,14,16,27,31H,2-3,10,13H2,1H3. The summed E-state index contributed by atoms with van der Waals surface area (Å²) in [6, 6.07) is 16.4. The lowest BCUT2D eigenvalue weighted by Crippen LogP contribution is -2.02. The molecule has 0 radical (unpaired) electrons. The molecule has 0 saturated heterocycles.